The quantitative estimate of drug-likeness (QED) is 0.851. The van der Waals surface area contributed by atoms with Crippen LogP contribution in [0.2, 0.25) is 0 Å². The van der Waals surface area contributed by atoms with Crippen molar-refractivity contribution in [3.63, 3.8) is 0 Å². The standard InChI is InChI=1S/C15H25NO4/c1-13(2)10(14(13,3)4)11(17)16-7-6-15(8-16,9-20-5)12(18)19/h10H,6-9H2,1-5H3,(H,18,19). The molecule has 0 aromatic carbocycles. The van der Waals surface area contributed by atoms with E-state index >= 15 is 0 Å². The molecule has 1 N–H and O–H groups in total. The number of methoxy groups -OCH3 is 1. The average Bonchev–Trinajstić information content (AvgIpc) is 2.67. The third-order valence-electron chi connectivity index (χ3n) is 5.81. The van der Waals surface area contributed by atoms with E-state index in [2.05, 4.69) is 27.7 Å². The van der Waals surface area contributed by atoms with Crippen LogP contribution >= 0.6 is 0 Å². The van der Waals surface area contributed by atoms with Crippen molar-refractivity contribution in [2.45, 2.75) is 34.1 Å². The molecule has 1 atom stereocenters. The molecule has 20 heavy (non-hydrogen) atoms. The Kier molecular flexibility index (Phi) is 3.40. The van der Waals surface area contributed by atoms with E-state index in [1.807, 2.05) is 0 Å². The molecule has 0 bridgehead atoms. The van der Waals surface area contributed by atoms with Gasteiger partial charge < -0.3 is 14.7 Å². The lowest BCUT2D eigenvalue weighted by Gasteiger charge is -2.24. The molecule has 5 heteroatoms. The Morgan fingerprint density at radius 3 is 2.20 bits per heavy atom. The summed E-state index contributed by atoms with van der Waals surface area (Å²) in [7, 11) is 1.50. The lowest BCUT2D eigenvalue weighted by molar-refractivity contribution is -0.151. The van der Waals surface area contributed by atoms with Crippen molar-refractivity contribution in [3.8, 4) is 0 Å². The van der Waals surface area contributed by atoms with Gasteiger partial charge in [-0.15, -0.1) is 0 Å². The summed E-state index contributed by atoms with van der Waals surface area (Å²) >= 11 is 0. The second kappa shape index (κ2) is 4.45. The second-order valence-electron chi connectivity index (χ2n) is 7.40. The summed E-state index contributed by atoms with van der Waals surface area (Å²) in [4.78, 5) is 25.9. The van der Waals surface area contributed by atoms with E-state index < -0.39 is 11.4 Å². The molecule has 2 aliphatic rings. The van der Waals surface area contributed by atoms with Gasteiger partial charge in [-0.1, -0.05) is 27.7 Å². The molecule has 2 fully saturated rings. The molecule has 1 saturated carbocycles. The van der Waals surface area contributed by atoms with Gasteiger partial charge in [0.25, 0.3) is 0 Å². The summed E-state index contributed by atoms with van der Waals surface area (Å²) < 4.78 is 5.06. The number of carboxylic acids is 1. The second-order valence-corrected chi connectivity index (χ2v) is 7.40. The van der Waals surface area contributed by atoms with E-state index in [0.29, 0.717) is 13.0 Å². The maximum Gasteiger partial charge on any atom is 0.313 e. The van der Waals surface area contributed by atoms with Crippen LogP contribution in [0.15, 0.2) is 0 Å². The summed E-state index contributed by atoms with van der Waals surface area (Å²) in [5, 5.41) is 9.44. The molecule has 0 spiro atoms. The lowest BCUT2D eigenvalue weighted by Crippen LogP contribution is -2.41. The Morgan fingerprint density at radius 1 is 1.25 bits per heavy atom. The molecular weight excluding hydrogens is 258 g/mol. The van der Waals surface area contributed by atoms with E-state index in [0.717, 1.165) is 0 Å². The van der Waals surface area contributed by atoms with Gasteiger partial charge in [0.2, 0.25) is 5.91 Å². The molecule has 2 rings (SSSR count). The lowest BCUT2D eigenvalue weighted by atomic mass is 9.88. The molecule has 5 nitrogen and oxygen atoms in total. The van der Waals surface area contributed by atoms with Gasteiger partial charge >= 0.3 is 5.97 Å². The van der Waals surface area contributed by atoms with Gasteiger partial charge in [0.05, 0.1) is 6.61 Å². The predicted octanol–water partition coefficient (Wildman–Crippen LogP) is 1.62. The highest BCUT2D eigenvalue weighted by Gasteiger charge is 2.69. The highest BCUT2D eigenvalue weighted by molar-refractivity contribution is 5.86. The van der Waals surface area contributed by atoms with Gasteiger partial charge in [0.1, 0.15) is 5.41 Å². The van der Waals surface area contributed by atoms with Crippen LogP contribution < -0.4 is 0 Å². The van der Waals surface area contributed by atoms with Crippen LogP contribution in [-0.4, -0.2) is 48.7 Å². The van der Waals surface area contributed by atoms with Crippen LogP contribution in [0, 0.1) is 22.2 Å². The number of likely N-dealkylation sites (tertiary alicyclic amines) is 1. The van der Waals surface area contributed by atoms with Gasteiger partial charge in [0.15, 0.2) is 0 Å². The fourth-order valence-electron chi connectivity index (χ4n) is 3.69. The van der Waals surface area contributed by atoms with Crippen LogP contribution in [-0.2, 0) is 14.3 Å². The highest BCUT2D eigenvalue weighted by Crippen LogP contribution is 2.69. The summed E-state index contributed by atoms with van der Waals surface area (Å²) in [5.41, 5.74) is -0.965. The van der Waals surface area contributed by atoms with Crippen molar-refractivity contribution in [1.82, 2.24) is 4.90 Å². The van der Waals surface area contributed by atoms with Crippen molar-refractivity contribution in [2.24, 2.45) is 22.2 Å². The van der Waals surface area contributed by atoms with Gasteiger partial charge in [-0.05, 0) is 17.3 Å². The Balaban J connectivity index is 2.10. The number of rotatable bonds is 4. The van der Waals surface area contributed by atoms with Crippen molar-refractivity contribution in [2.75, 3.05) is 26.8 Å². The minimum absolute atomic E-state index is 0.0119. The summed E-state index contributed by atoms with van der Waals surface area (Å²) in [6.07, 6.45) is 0.468. The zero-order valence-electron chi connectivity index (χ0n) is 13.0. The summed E-state index contributed by atoms with van der Waals surface area (Å²) in [5.74, 6) is -0.787. The molecule has 1 aliphatic heterocycles. The number of carbonyl (C=O) groups is 2. The van der Waals surface area contributed by atoms with Crippen LogP contribution in [0.3, 0.4) is 0 Å². The third-order valence-corrected chi connectivity index (χ3v) is 5.81. The molecule has 1 amide bonds. The molecule has 1 heterocycles. The van der Waals surface area contributed by atoms with Gasteiger partial charge in [-0.2, -0.15) is 0 Å². The summed E-state index contributed by atoms with van der Waals surface area (Å²) in [6.45, 7) is 9.34. The van der Waals surface area contributed by atoms with E-state index in [9.17, 15) is 14.7 Å². The number of hydrogen-bond donors (Lipinski definition) is 1. The first-order valence-electron chi connectivity index (χ1n) is 7.11. The molecule has 1 saturated heterocycles. The van der Waals surface area contributed by atoms with Crippen molar-refractivity contribution in [3.05, 3.63) is 0 Å². The first-order chi connectivity index (χ1) is 9.10. The van der Waals surface area contributed by atoms with E-state index in [1.54, 1.807) is 4.90 Å². The Morgan fingerprint density at radius 2 is 1.80 bits per heavy atom. The zero-order chi connectivity index (χ0) is 15.3. The van der Waals surface area contributed by atoms with Crippen molar-refractivity contribution in [1.29, 1.82) is 0 Å². The van der Waals surface area contributed by atoms with Crippen LogP contribution in [0.4, 0.5) is 0 Å². The Bertz CT molecular complexity index is 429. The fraction of sp³-hybridized carbons (Fsp3) is 0.867. The van der Waals surface area contributed by atoms with Gasteiger partial charge in [-0.3, -0.25) is 9.59 Å². The largest absolute Gasteiger partial charge is 0.481 e. The van der Waals surface area contributed by atoms with Crippen LogP contribution in [0.1, 0.15) is 34.1 Å². The number of aliphatic carboxylic acids is 1. The Labute approximate surface area is 120 Å². The number of amides is 1. The fourth-order valence-corrected chi connectivity index (χ4v) is 3.69. The van der Waals surface area contributed by atoms with Crippen LogP contribution in [0.25, 0.3) is 0 Å². The maximum atomic E-state index is 12.6. The van der Waals surface area contributed by atoms with E-state index in [1.165, 1.54) is 7.11 Å². The normalized spacial score (nSPS) is 31.4. The van der Waals surface area contributed by atoms with E-state index in [-0.39, 0.29) is 35.8 Å². The number of carboxylic acid groups (broad SMARTS) is 1. The Hall–Kier alpha value is -1.10. The number of carbonyl (C=O) groups excluding carboxylic acids is 1. The molecule has 0 aromatic rings. The SMILES string of the molecule is COCC1(C(=O)O)CCN(C(=O)C2C(C)(C)C2(C)C)C1. The highest BCUT2D eigenvalue weighted by atomic mass is 16.5. The molecule has 1 aliphatic carbocycles. The first kappa shape index (κ1) is 15.3. The molecule has 0 aromatic heterocycles. The number of ether oxygens (including phenoxy) is 1. The van der Waals surface area contributed by atoms with Gasteiger partial charge in [-0.25, -0.2) is 0 Å². The minimum Gasteiger partial charge on any atom is -0.481 e. The monoisotopic (exact) mass is 283 g/mol. The van der Waals surface area contributed by atoms with Crippen molar-refractivity contribution >= 4 is 11.9 Å². The third kappa shape index (κ3) is 1.94. The minimum atomic E-state index is -0.937. The van der Waals surface area contributed by atoms with Crippen molar-refractivity contribution < 1.29 is 19.4 Å². The smallest absolute Gasteiger partial charge is 0.313 e. The first-order valence-corrected chi connectivity index (χ1v) is 7.11. The average molecular weight is 283 g/mol. The maximum absolute atomic E-state index is 12.6. The molecule has 114 valence electrons. The molecular formula is C15H25NO4. The zero-order valence-corrected chi connectivity index (χ0v) is 13.0. The van der Waals surface area contributed by atoms with Crippen LogP contribution in [0.5, 0.6) is 0 Å². The topological polar surface area (TPSA) is 66.8 Å². The number of nitrogens with zero attached hydrogens (tertiary/aromatic N) is 1. The van der Waals surface area contributed by atoms with E-state index in [4.69, 9.17) is 4.74 Å². The molecule has 0 radical (unpaired) electrons. The molecule has 1 unspecified atom stereocenters. The summed E-state index contributed by atoms with van der Waals surface area (Å²) in [6, 6.07) is 0. The number of hydrogen-bond acceptors (Lipinski definition) is 3. The van der Waals surface area contributed by atoms with Gasteiger partial charge in [0, 0.05) is 26.1 Å². The predicted molar refractivity (Wildman–Crippen MR) is 74.2 cm³/mol.